The van der Waals surface area contributed by atoms with Crippen LogP contribution in [0.3, 0.4) is 0 Å². The maximum absolute atomic E-state index is 12.0. The molecule has 2 amide bonds. The summed E-state index contributed by atoms with van der Waals surface area (Å²) in [7, 11) is 1.65. The predicted octanol–water partition coefficient (Wildman–Crippen LogP) is 3.10. The number of nitrogens with zero attached hydrogens (tertiary/aromatic N) is 1. The van der Waals surface area contributed by atoms with Gasteiger partial charge in [0.15, 0.2) is 0 Å². The lowest BCUT2D eigenvalue weighted by Gasteiger charge is -2.29. The first-order valence-electron chi connectivity index (χ1n) is 7.93. The van der Waals surface area contributed by atoms with E-state index in [-0.39, 0.29) is 25.0 Å². The molecule has 0 radical (unpaired) electrons. The molecule has 1 aliphatic rings. The molecule has 0 aliphatic heterocycles. The molecule has 0 aromatic carbocycles. The third-order valence-electron chi connectivity index (χ3n) is 4.53. The molecule has 5 heteroatoms. The number of aliphatic carboxylic acids is 1. The molecule has 122 valence electrons. The van der Waals surface area contributed by atoms with Gasteiger partial charge in [-0.15, -0.1) is 0 Å². The van der Waals surface area contributed by atoms with Crippen LogP contribution in [0.15, 0.2) is 0 Å². The van der Waals surface area contributed by atoms with Crippen LogP contribution in [0, 0.1) is 11.3 Å². The fourth-order valence-corrected chi connectivity index (χ4v) is 2.96. The number of amides is 2. The van der Waals surface area contributed by atoms with Crippen LogP contribution >= 0.6 is 0 Å². The standard InChI is InChI=1S/C16H30N2O3/c1-16(2,3)12-6-5-7-13(9-8-12)17-15(21)18(4)11-10-14(19)20/h12-13H,5-11H2,1-4H3,(H,17,21)(H,19,20). The van der Waals surface area contributed by atoms with Gasteiger partial charge in [0, 0.05) is 19.6 Å². The Morgan fingerprint density at radius 2 is 1.86 bits per heavy atom. The van der Waals surface area contributed by atoms with E-state index < -0.39 is 5.97 Å². The van der Waals surface area contributed by atoms with Crippen molar-refractivity contribution in [2.24, 2.45) is 11.3 Å². The lowest BCUT2D eigenvalue weighted by atomic mass is 9.76. The first kappa shape index (κ1) is 17.8. The average Bonchev–Trinajstić information content (AvgIpc) is 2.60. The fourth-order valence-electron chi connectivity index (χ4n) is 2.96. The van der Waals surface area contributed by atoms with Crippen molar-refractivity contribution >= 4 is 12.0 Å². The summed E-state index contributed by atoms with van der Waals surface area (Å²) in [5.74, 6) is -0.165. The minimum atomic E-state index is -0.878. The summed E-state index contributed by atoms with van der Waals surface area (Å²) < 4.78 is 0. The number of carbonyl (C=O) groups is 2. The second kappa shape index (κ2) is 7.66. The zero-order valence-electron chi connectivity index (χ0n) is 13.8. The van der Waals surface area contributed by atoms with Crippen LogP contribution in [0.4, 0.5) is 4.79 Å². The first-order chi connectivity index (χ1) is 9.70. The molecule has 1 rings (SSSR count). The van der Waals surface area contributed by atoms with Crippen molar-refractivity contribution in [1.29, 1.82) is 0 Å². The average molecular weight is 298 g/mol. The second-order valence-electron chi connectivity index (χ2n) is 7.28. The van der Waals surface area contributed by atoms with Crippen LogP contribution < -0.4 is 5.32 Å². The van der Waals surface area contributed by atoms with Crippen molar-refractivity contribution < 1.29 is 14.7 Å². The van der Waals surface area contributed by atoms with Crippen LogP contribution in [-0.4, -0.2) is 41.6 Å². The minimum absolute atomic E-state index is 0.0132. The molecule has 2 unspecified atom stereocenters. The zero-order valence-corrected chi connectivity index (χ0v) is 13.8. The lowest BCUT2D eigenvalue weighted by molar-refractivity contribution is -0.137. The molecule has 0 aromatic heterocycles. The Morgan fingerprint density at radius 3 is 2.43 bits per heavy atom. The van der Waals surface area contributed by atoms with Crippen molar-refractivity contribution in [3.63, 3.8) is 0 Å². The van der Waals surface area contributed by atoms with Gasteiger partial charge in [-0.3, -0.25) is 4.79 Å². The molecule has 1 saturated carbocycles. The molecule has 0 aromatic rings. The normalized spacial score (nSPS) is 23.2. The summed E-state index contributed by atoms with van der Waals surface area (Å²) in [6, 6.07) is 0.0626. The molecule has 2 N–H and O–H groups in total. The van der Waals surface area contributed by atoms with Gasteiger partial charge in [-0.25, -0.2) is 4.79 Å². The Kier molecular flexibility index (Phi) is 6.49. The molecule has 1 fully saturated rings. The number of hydrogen-bond donors (Lipinski definition) is 2. The second-order valence-corrected chi connectivity index (χ2v) is 7.28. The summed E-state index contributed by atoms with van der Waals surface area (Å²) >= 11 is 0. The number of nitrogens with one attached hydrogen (secondary N) is 1. The van der Waals surface area contributed by atoms with Gasteiger partial charge in [-0.2, -0.15) is 0 Å². The summed E-state index contributed by atoms with van der Waals surface area (Å²) in [5.41, 5.74) is 0.331. The van der Waals surface area contributed by atoms with Crippen molar-refractivity contribution in [3.05, 3.63) is 0 Å². The van der Waals surface area contributed by atoms with E-state index in [0.29, 0.717) is 11.3 Å². The van der Waals surface area contributed by atoms with E-state index in [1.807, 2.05) is 0 Å². The zero-order chi connectivity index (χ0) is 16.0. The van der Waals surface area contributed by atoms with Crippen LogP contribution in [0.1, 0.15) is 59.3 Å². The molecule has 1 aliphatic carbocycles. The van der Waals surface area contributed by atoms with Crippen LogP contribution in [0.2, 0.25) is 0 Å². The quantitative estimate of drug-likeness (QED) is 0.784. The Hall–Kier alpha value is -1.26. The highest BCUT2D eigenvalue weighted by Gasteiger charge is 2.28. The van der Waals surface area contributed by atoms with Gasteiger partial charge >= 0.3 is 12.0 Å². The maximum atomic E-state index is 12.0. The van der Waals surface area contributed by atoms with E-state index >= 15 is 0 Å². The number of carboxylic acid groups (broad SMARTS) is 1. The van der Waals surface area contributed by atoms with Gasteiger partial charge in [-0.1, -0.05) is 27.2 Å². The predicted molar refractivity (Wildman–Crippen MR) is 83.2 cm³/mol. The molecule has 0 saturated heterocycles. The molecule has 2 atom stereocenters. The molecule has 21 heavy (non-hydrogen) atoms. The molecular formula is C16H30N2O3. The van der Waals surface area contributed by atoms with Crippen molar-refractivity contribution in [2.75, 3.05) is 13.6 Å². The van der Waals surface area contributed by atoms with Gasteiger partial charge < -0.3 is 15.3 Å². The molecule has 0 spiro atoms. The Bertz CT molecular complexity index is 363. The Balaban J connectivity index is 2.41. The largest absolute Gasteiger partial charge is 0.481 e. The van der Waals surface area contributed by atoms with Gasteiger partial charge in [0.1, 0.15) is 0 Å². The highest BCUT2D eigenvalue weighted by molar-refractivity contribution is 5.75. The third-order valence-corrected chi connectivity index (χ3v) is 4.53. The van der Waals surface area contributed by atoms with E-state index in [4.69, 9.17) is 5.11 Å². The number of hydrogen-bond acceptors (Lipinski definition) is 2. The van der Waals surface area contributed by atoms with Gasteiger partial charge in [-0.05, 0) is 37.0 Å². The van der Waals surface area contributed by atoms with Crippen LogP contribution in [-0.2, 0) is 4.79 Å². The van der Waals surface area contributed by atoms with E-state index in [2.05, 4.69) is 26.1 Å². The first-order valence-corrected chi connectivity index (χ1v) is 7.93. The lowest BCUT2D eigenvalue weighted by Crippen LogP contribution is -2.43. The van der Waals surface area contributed by atoms with Crippen LogP contribution in [0.25, 0.3) is 0 Å². The highest BCUT2D eigenvalue weighted by atomic mass is 16.4. The summed E-state index contributed by atoms with van der Waals surface area (Å²) in [6.45, 7) is 7.11. The van der Waals surface area contributed by atoms with Crippen molar-refractivity contribution in [1.82, 2.24) is 10.2 Å². The fraction of sp³-hybridized carbons (Fsp3) is 0.875. The Labute approximate surface area is 128 Å². The SMILES string of the molecule is CN(CCC(=O)O)C(=O)NC1CCCC(C(C)(C)C)CC1. The van der Waals surface area contributed by atoms with E-state index in [1.54, 1.807) is 7.05 Å². The molecular weight excluding hydrogens is 268 g/mol. The number of rotatable bonds is 4. The maximum Gasteiger partial charge on any atom is 0.317 e. The monoisotopic (exact) mass is 298 g/mol. The Morgan fingerprint density at radius 1 is 1.19 bits per heavy atom. The third kappa shape index (κ3) is 6.36. The highest BCUT2D eigenvalue weighted by Crippen LogP contribution is 2.36. The van der Waals surface area contributed by atoms with E-state index in [1.165, 1.54) is 11.3 Å². The number of carbonyl (C=O) groups excluding carboxylic acids is 1. The smallest absolute Gasteiger partial charge is 0.317 e. The number of urea groups is 1. The van der Waals surface area contributed by atoms with Gasteiger partial charge in [0.2, 0.25) is 0 Å². The van der Waals surface area contributed by atoms with Crippen molar-refractivity contribution in [3.8, 4) is 0 Å². The van der Waals surface area contributed by atoms with E-state index in [9.17, 15) is 9.59 Å². The van der Waals surface area contributed by atoms with E-state index in [0.717, 1.165) is 25.7 Å². The summed E-state index contributed by atoms with van der Waals surface area (Å²) in [4.78, 5) is 24.0. The van der Waals surface area contributed by atoms with Gasteiger partial charge in [0.25, 0.3) is 0 Å². The molecule has 5 nitrogen and oxygen atoms in total. The van der Waals surface area contributed by atoms with Crippen molar-refractivity contribution in [2.45, 2.75) is 65.3 Å². The minimum Gasteiger partial charge on any atom is -0.481 e. The molecule has 0 heterocycles. The van der Waals surface area contributed by atoms with Gasteiger partial charge in [0.05, 0.1) is 6.42 Å². The summed E-state index contributed by atoms with van der Waals surface area (Å²) in [5, 5.41) is 11.7. The van der Waals surface area contributed by atoms with Crippen LogP contribution in [0.5, 0.6) is 0 Å². The number of carboxylic acids is 1. The summed E-state index contributed by atoms with van der Waals surface area (Å²) in [6.07, 6.45) is 5.54. The topological polar surface area (TPSA) is 69.6 Å². The molecule has 0 bridgehead atoms.